The van der Waals surface area contributed by atoms with E-state index in [0.717, 1.165) is 11.8 Å². The molecule has 26 heavy (non-hydrogen) atoms. The first-order valence-electron chi connectivity index (χ1n) is 8.27. The minimum absolute atomic E-state index is 0.0767. The Labute approximate surface area is 152 Å². The minimum Gasteiger partial charge on any atom is -0.465 e. The van der Waals surface area contributed by atoms with Gasteiger partial charge in [-0.05, 0) is 25.3 Å². The Morgan fingerprint density at radius 3 is 2.38 bits per heavy atom. The molecule has 0 bridgehead atoms. The summed E-state index contributed by atoms with van der Waals surface area (Å²) >= 11 is 0. The summed E-state index contributed by atoms with van der Waals surface area (Å²) in [5, 5.41) is 2.46. The SMILES string of the molecule is CCOC(=O)C1([C@H](CNC(=O)OCc2ccccc2)OS(C)(=O)=O)CC1. The van der Waals surface area contributed by atoms with Crippen molar-refractivity contribution < 1.29 is 31.7 Å². The highest BCUT2D eigenvalue weighted by Crippen LogP contribution is 2.51. The van der Waals surface area contributed by atoms with Crippen LogP contribution in [-0.4, -0.2) is 46.0 Å². The zero-order chi connectivity index (χ0) is 19.2. The van der Waals surface area contributed by atoms with Crippen LogP contribution in [0.2, 0.25) is 0 Å². The van der Waals surface area contributed by atoms with E-state index in [1.807, 2.05) is 30.3 Å². The maximum atomic E-state index is 12.2. The fourth-order valence-corrected chi connectivity index (χ4v) is 3.22. The lowest BCUT2D eigenvalue weighted by Gasteiger charge is -2.24. The zero-order valence-electron chi connectivity index (χ0n) is 14.8. The van der Waals surface area contributed by atoms with Crippen molar-refractivity contribution in [2.75, 3.05) is 19.4 Å². The van der Waals surface area contributed by atoms with Gasteiger partial charge in [0.1, 0.15) is 12.7 Å². The van der Waals surface area contributed by atoms with Gasteiger partial charge in [0.2, 0.25) is 0 Å². The predicted molar refractivity (Wildman–Crippen MR) is 92.6 cm³/mol. The van der Waals surface area contributed by atoms with Crippen LogP contribution < -0.4 is 5.32 Å². The average molecular weight is 385 g/mol. The van der Waals surface area contributed by atoms with E-state index in [1.54, 1.807) is 6.92 Å². The topological polar surface area (TPSA) is 108 Å². The van der Waals surface area contributed by atoms with Crippen LogP contribution in [-0.2, 0) is 35.2 Å². The average Bonchev–Trinajstić information content (AvgIpc) is 3.39. The van der Waals surface area contributed by atoms with Crippen molar-refractivity contribution in [3.05, 3.63) is 35.9 Å². The highest BCUT2D eigenvalue weighted by Gasteiger charge is 2.58. The van der Waals surface area contributed by atoms with Gasteiger partial charge in [0.25, 0.3) is 10.1 Å². The standard InChI is InChI=1S/C17H23NO7S/c1-3-23-15(19)17(9-10-17)14(25-26(2,21)22)11-18-16(20)24-12-13-7-5-4-6-8-13/h4-8,14H,3,9-12H2,1-2H3,(H,18,20)/t14-/m0/s1. The molecule has 144 valence electrons. The molecule has 2 rings (SSSR count). The number of hydrogen-bond donors (Lipinski definition) is 1. The lowest BCUT2D eigenvalue weighted by molar-refractivity contribution is -0.153. The van der Waals surface area contributed by atoms with Crippen molar-refractivity contribution in [1.29, 1.82) is 0 Å². The van der Waals surface area contributed by atoms with E-state index in [9.17, 15) is 18.0 Å². The molecular formula is C17H23NO7S. The Hall–Kier alpha value is -2.13. The fourth-order valence-electron chi connectivity index (χ4n) is 2.55. The summed E-state index contributed by atoms with van der Waals surface area (Å²) in [6, 6.07) is 9.11. The molecule has 0 radical (unpaired) electrons. The van der Waals surface area contributed by atoms with Crippen molar-refractivity contribution in [2.45, 2.75) is 32.5 Å². The van der Waals surface area contributed by atoms with Gasteiger partial charge in [-0.15, -0.1) is 0 Å². The summed E-state index contributed by atoms with van der Waals surface area (Å²) in [6.45, 7) is 1.74. The van der Waals surface area contributed by atoms with Gasteiger partial charge in [-0.2, -0.15) is 8.42 Å². The van der Waals surface area contributed by atoms with Gasteiger partial charge >= 0.3 is 12.1 Å². The molecule has 9 heteroatoms. The van der Waals surface area contributed by atoms with Crippen molar-refractivity contribution in [3.8, 4) is 0 Å². The molecule has 1 aromatic carbocycles. The molecule has 0 spiro atoms. The van der Waals surface area contributed by atoms with Crippen LogP contribution in [0.1, 0.15) is 25.3 Å². The summed E-state index contributed by atoms with van der Waals surface area (Å²) in [4.78, 5) is 24.0. The second kappa shape index (κ2) is 8.50. The van der Waals surface area contributed by atoms with Gasteiger partial charge < -0.3 is 14.8 Å². The van der Waals surface area contributed by atoms with E-state index in [1.165, 1.54) is 0 Å². The third kappa shape index (κ3) is 5.70. The summed E-state index contributed by atoms with van der Waals surface area (Å²) in [6.07, 6.45) is 0.00512. The summed E-state index contributed by atoms with van der Waals surface area (Å²) in [5.41, 5.74) is -0.233. The van der Waals surface area contributed by atoms with Crippen LogP contribution in [0.4, 0.5) is 4.79 Å². The molecule has 1 saturated carbocycles. The normalized spacial score (nSPS) is 16.4. The van der Waals surface area contributed by atoms with Crippen molar-refractivity contribution >= 4 is 22.2 Å². The third-order valence-electron chi connectivity index (χ3n) is 4.02. The maximum Gasteiger partial charge on any atom is 0.407 e. The van der Waals surface area contributed by atoms with Crippen LogP contribution >= 0.6 is 0 Å². The molecule has 0 saturated heterocycles. The zero-order valence-corrected chi connectivity index (χ0v) is 15.6. The fraction of sp³-hybridized carbons (Fsp3) is 0.529. The van der Waals surface area contributed by atoms with Crippen LogP contribution in [0, 0.1) is 5.41 Å². The first kappa shape index (κ1) is 20.2. The molecule has 1 atom stereocenters. The number of benzene rings is 1. The highest BCUT2D eigenvalue weighted by molar-refractivity contribution is 7.86. The number of esters is 1. The molecule has 0 aromatic heterocycles. The van der Waals surface area contributed by atoms with E-state index in [4.69, 9.17) is 13.7 Å². The van der Waals surface area contributed by atoms with Gasteiger partial charge in [0.15, 0.2) is 0 Å². The largest absolute Gasteiger partial charge is 0.465 e. The molecule has 0 unspecified atom stereocenters. The van der Waals surface area contributed by atoms with Gasteiger partial charge in [-0.3, -0.25) is 8.98 Å². The molecule has 1 N–H and O–H groups in total. The van der Waals surface area contributed by atoms with Gasteiger partial charge in [-0.25, -0.2) is 4.79 Å². The Balaban J connectivity index is 1.94. The molecule has 0 heterocycles. The van der Waals surface area contributed by atoms with Crippen LogP contribution in [0.3, 0.4) is 0 Å². The minimum atomic E-state index is -3.82. The number of amides is 1. The second-order valence-electron chi connectivity index (χ2n) is 6.11. The Morgan fingerprint density at radius 2 is 1.85 bits per heavy atom. The first-order chi connectivity index (χ1) is 12.3. The smallest absolute Gasteiger partial charge is 0.407 e. The Bertz CT molecular complexity index is 729. The summed E-state index contributed by atoms with van der Waals surface area (Å²) in [5.74, 6) is -0.520. The van der Waals surface area contributed by atoms with Crippen LogP contribution in [0.25, 0.3) is 0 Å². The van der Waals surface area contributed by atoms with E-state index in [0.29, 0.717) is 12.8 Å². The predicted octanol–water partition coefficient (Wildman–Crippen LogP) is 1.60. The van der Waals surface area contributed by atoms with Crippen LogP contribution in [0.5, 0.6) is 0 Å². The van der Waals surface area contributed by atoms with Crippen molar-refractivity contribution in [2.24, 2.45) is 5.41 Å². The molecule has 1 amide bonds. The van der Waals surface area contributed by atoms with Gasteiger partial charge in [0, 0.05) is 6.54 Å². The Morgan fingerprint density at radius 1 is 1.19 bits per heavy atom. The van der Waals surface area contributed by atoms with E-state index in [2.05, 4.69) is 5.32 Å². The number of alkyl carbamates (subject to hydrolysis) is 1. The molecule has 1 fully saturated rings. The molecule has 0 aliphatic heterocycles. The molecular weight excluding hydrogens is 362 g/mol. The van der Waals surface area contributed by atoms with Crippen LogP contribution in [0.15, 0.2) is 30.3 Å². The highest BCUT2D eigenvalue weighted by atomic mass is 32.2. The summed E-state index contributed by atoms with van der Waals surface area (Å²) in [7, 11) is -3.82. The third-order valence-corrected chi connectivity index (χ3v) is 4.60. The monoisotopic (exact) mass is 385 g/mol. The Kier molecular flexibility index (Phi) is 6.60. The lowest BCUT2D eigenvalue weighted by Crippen LogP contribution is -2.44. The summed E-state index contributed by atoms with van der Waals surface area (Å²) < 4.78 is 38.2. The number of ether oxygens (including phenoxy) is 2. The van der Waals surface area contributed by atoms with E-state index >= 15 is 0 Å². The number of nitrogens with one attached hydrogen (secondary N) is 1. The molecule has 1 aromatic rings. The maximum absolute atomic E-state index is 12.2. The first-order valence-corrected chi connectivity index (χ1v) is 10.1. The number of rotatable bonds is 9. The lowest BCUT2D eigenvalue weighted by atomic mass is 9.99. The molecule has 8 nitrogen and oxygen atoms in total. The van der Waals surface area contributed by atoms with Gasteiger partial charge in [-0.1, -0.05) is 30.3 Å². The van der Waals surface area contributed by atoms with Crippen molar-refractivity contribution in [1.82, 2.24) is 5.32 Å². The molecule has 1 aliphatic rings. The number of hydrogen-bond acceptors (Lipinski definition) is 7. The second-order valence-corrected chi connectivity index (χ2v) is 7.71. The number of carbonyl (C=O) groups is 2. The van der Waals surface area contributed by atoms with Gasteiger partial charge in [0.05, 0.1) is 18.3 Å². The quantitative estimate of drug-likeness (QED) is 0.508. The van der Waals surface area contributed by atoms with E-state index < -0.39 is 33.7 Å². The molecule has 1 aliphatic carbocycles. The van der Waals surface area contributed by atoms with Crippen molar-refractivity contribution in [3.63, 3.8) is 0 Å². The van der Waals surface area contributed by atoms with E-state index in [-0.39, 0.29) is 19.8 Å². The number of carbonyl (C=O) groups excluding carboxylic acids is 2.